The van der Waals surface area contributed by atoms with E-state index in [0.717, 1.165) is 22.1 Å². The van der Waals surface area contributed by atoms with Gasteiger partial charge >= 0.3 is 5.97 Å². The monoisotopic (exact) mass is 423 g/mol. The Balaban J connectivity index is 1.59. The van der Waals surface area contributed by atoms with E-state index in [1.165, 1.54) is 25.2 Å². The highest BCUT2D eigenvalue weighted by Crippen LogP contribution is 2.28. The molecule has 3 rings (SSSR count). The summed E-state index contributed by atoms with van der Waals surface area (Å²) in [6.45, 7) is 0.0448. The van der Waals surface area contributed by atoms with Crippen molar-refractivity contribution >= 4 is 22.6 Å². The third kappa shape index (κ3) is 5.25. The zero-order chi connectivity index (χ0) is 22.4. The van der Waals surface area contributed by atoms with Gasteiger partial charge in [0.1, 0.15) is 5.75 Å². The van der Waals surface area contributed by atoms with Gasteiger partial charge in [-0.2, -0.15) is 0 Å². The molecule has 7 nitrogen and oxygen atoms in total. The van der Waals surface area contributed by atoms with Crippen molar-refractivity contribution in [3.8, 4) is 17.2 Å². The second-order valence-corrected chi connectivity index (χ2v) is 6.94. The van der Waals surface area contributed by atoms with E-state index in [9.17, 15) is 9.59 Å². The van der Waals surface area contributed by atoms with Crippen molar-refractivity contribution in [2.75, 3.05) is 35.0 Å². The quantitative estimate of drug-likeness (QED) is 0.515. The van der Waals surface area contributed by atoms with Gasteiger partial charge in [-0.3, -0.25) is 4.79 Å². The number of fused-ring (bicyclic) bond motifs is 1. The molecule has 0 saturated heterocycles. The maximum atomic E-state index is 12.4. The molecule has 0 aliphatic heterocycles. The highest BCUT2D eigenvalue weighted by Gasteiger charge is 2.16. The number of hydrogen-bond acceptors (Lipinski definition) is 6. The van der Waals surface area contributed by atoms with E-state index in [1.807, 2.05) is 36.4 Å². The number of carbonyl (C=O) groups excluding carboxylic acids is 2. The predicted molar refractivity (Wildman–Crippen MR) is 117 cm³/mol. The number of ether oxygens (including phenoxy) is 4. The topological polar surface area (TPSA) is 74.3 Å². The SMILES string of the molecule is COc1ccc2cc(CN(C)C(=O)COC(=O)c3ccc(OC)c(OC)c3)ccc2c1. The number of amides is 1. The maximum Gasteiger partial charge on any atom is 0.338 e. The van der Waals surface area contributed by atoms with Gasteiger partial charge in [0.2, 0.25) is 0 Å². The number of nitrogens with zero attached hydrogens (tertiary/aromatic N) is 1. The van der Waals surface area contributed by atoms with Crippen LogP contribution in [0, 0.1) is 0 Å². The second-order valence-electron chi connectivity index (χ2n) is 6.94. The van der Waals surface area contributed by atoms with E-state index < -0.39 is 5.97 Å². The van der Waals surface area contributed by atoms with Gasteiger partial charge in [-0.1, -0.05) is 18.2 Å². The van der Waals surface area contributed by atoms with Gasteiger partial charge in [-0.05, 0) is 52.7 Å². The summed E-state index contributed by atoms with van der Waals surface area (Å²) in [5.41, 5.74) is 1.25. The molecule has 0 aliphatic carbocycles. The van der Waals surface area contributed by atoms with Crippen LogP contribution in [0.25, 0.3) is 10.8 Å². The molecular formula is C24H25NO6. The molecule has 0 radical (unpaired) electrons. The van der Waals surface area contributed by atoms with Gasteiger partial charge < -0.3 is 23.8 Å². The average Bonchev–Trinajstić information content (AvgIpc) is 2.81. The van der Waals surface area contributed by atoms with Crippen LogP contribution in [0.15, 0.2) is 54.6 Å². The van der Waals surface area contributed by atoms with Crippen LogP contribution in [0.2, 0.25) is 0 Å². The number of esters is 1. The van der Waals surface area contributed by atoms with Crippen molar-refractivity contribution in [2.45, 2.75) is 6.54 Å². The highest BCUT2D eigenvalue weighted by molar-refractivity contribution is 5.92. The molecule has 0 aromatic heterocycles. The van der Waals surface area contributed by atoms with E-state index in [4.69, 9.17) is 18.9 Å². The Bertz CT molecular complexity index is 1090. The number of carbonyl (C=O) groups is 2. The van der Waals surface area contributed by atoms with Crippen LogP contribution in [0.5, 0.6) is 17.2 Å². The summed E-state index contributed by atoms with van der Waals surface area (Å²) in [5, 5.41) is 2.11. The molecule has 0 fully saturated rings. The lowest BCUT2D eigenvalue weighted by Crippen LogP contribution is -2.30. The Labute approximate surface area is 181 Å². The molecule has 31 heavy (non-hydrogen) atoms. The first-order valence-corrected chi connectivity index (χ1v) is 9.65. The normalized spacial score (nSPS) is 10.5. The molecule has 0 N–H and O–H groups in total. The fourth-order valence-electron chi connectivity index (χ4n) is 3.14. The molecule has 7 heteroatoms. The standard InChI is InChI=1S/C24H25NO6/c1-25(14-16-5-6-18-12-20(28-2)9-7-17(18)11-16)23(26)15-31-24(27)19-8-10-21(29-3)22(13-19)30-4/h5-13H,14-15H2,1-4H3. The molecule has 0 saturated carbocycles. The third-order valence-corrected chi connectivity index (χ3v) is 4.90. The van der Waals surface area contributed by atoms with Gasteiger partial charge in [0.05, 0.1) is 26.9 Å². The highest BCUT2D eigenvalue weighted by atomic mass is 16.5. The average molecular weight is 423 g/mol. The molecule has 3 aromatic rings. The zero-order valence-electron chi connectivity index (χ0n) is 18.0. The lowest BCUT2D eigenvalue weighted by Gasteiger charge is -2.18. The Kier molecular flexibility index (Phi) is 6.97. The summed E-state index contributed by atoms with van der Waals surface area (Å²) >= 11 is 0. The summed E-state index contributed by atoms with van der Waals surface area (Å²) in [6.07, 6.45) is 0. The zero-order valence-corrected chi connectivity index (χ0v) is 18.0. The van der Waals surface area contributed by atoms with Crippen molar-refractivity contribution in [1.29, 1.82) is 0 Å². The van der Waals surface area contributed by atoms with Crippen LogP contribution in [0.3, 0.4) is 0 Å². The van der Waals surface area contributed by atoms with E-state index >= 15 is 0 Å². The summed E-state index contributed by atoms with van der Waals surface area (Å²) < 4.78 is 20.8. The van der Waals surface area contributed by atoms with Crippen molar-refractivity contribution in [3.63, 3.8) is 0 Å². The Morgan fingerprint density at radius 1 is 0.806 bits per heavy atom. The minimum atomic E-state index is -0.609. The first-order chi connectivity index (χ1) is 14.9. The van der Waals surface area contributed by atoms with Gasteiger partial charge in [0.15, 0.2) is 18.1 Å². The molecule has 0 atom stereocenters. The minimum absolute atomic E-state index is 0.276. The molecule has 1 amide bonds. The molecule has 162 valence electrons. The molecule has 3 aromatic carbocycles. The van der Waals surface area contributed by atoms with E-state index in [2.05, 4.69) is 0 Å². The fourth-order valence-corrected chi connectivity index (χ4v) is 3.14. The van der Waals surface area contributed by atoms with Gasteiger partial charge in [0.25, 0.3) is 5.91 Å². The van der Waals surface area contributed by atoms with E-state index in [1.54, 1.807) is 26.3 Å². The van der Waals surface area contributed by atoms with Gasteiger partial charge in [-0.15, -0.1) is 0 Å². The number of methoxy groups -OCH3 is 3. The van der Waals surface area contributed by atoms with E-state index in [-0.39, 0.29) is 18.1 Å². The predicted octanol–water partition coefficient (Wildman–Crippen LogP) is 3.68. The van der Waals surface area contributed by atoms with Crippen LogP contribution in [0.1, 0.15) is 15.9 Å². The fraction of sp³-hybridized carbons (Fsp3) is 0.250. The first kappa shape index (κ1) is 22.0. The van der Waals surface area contributed by atoms with Crippen molar-refractivity contribution in [2.24, 2.45) is 0 Å². The largest absolute Gasteiger partial charge is 0.497 e. The smallest absolute Gasteiger partial charge is 0.338 e. The molecule has 0 aliphatic rings. The van der Waals surface area contributed by atoms with Crippen LogP contribution >= 0.6 is 0 Å². The number of hydrogen-bond donors (Lipinski definition) is 0. The minimum Gasteiger partial charge on any atom is -0.497 e. The lowest BCUT2D eigenvalue weighted by molar-refractivity contribution is -0.133. The molecular weight excluding hydrogens is 398 g/mol. The van der Waals surface area contributed by atoms with Crippen LogP contribution < -0.4 is 14.2 Å². The summed E-state index contributed by atoms with van der Waals surface area (Å²) in [4.78, 5) is 26.3. The van der Waals surface area contributed by atoms with Gasteiger partial charge in [-0.25, -0.2) is 4.79 Å². The molecule has 0 heterocycles. The van der Waals surface area contributed by atoms with Crippen LogP contribution in [-0.4, -0.2) is 51.8 Å². The second kappa shape index (κ2) is 9.84. The maximum absolute atomic E-state index is 12.4. The van der Waals surface area contributed by atoms with Crippen molar-refractivity contribution in [3.05, 3.63) is 65.7 Å². The third-order valence-electron chi connectivity index (χ3n) is 4.90. The van der Waals surface area contributed by atoms with Crippen molar-refractivity contribution < 1.29 is 28.5 Å². The summed E-state index contributed by atoms with van der Waals surface area (Å²) in [6, 6.07) is 16.5. The molecule has 0 bridgehead atoms. The molecule has 0 unspecified atom stereocenters. The number of likely N-dealkylation sites (N-methyl/N-ethyl adjacent to an activating group) is 1. The lowest BCUT2D eigenvalue weighted by atomic mass is 10.1. The Hall–Kier alpha value is -3.74. The first-order valence-electron chi connectivity index (χ1n) is 9.65. The van der Waals surface area contributed by atoms with Crippen LogP contribution in [0.4, 0.5) is 0 Å². The van der Waals surface area contributed by atoms with Gasteiger partial charge in [0, 0.05) is 13.6 Å². The van der Waals surface area contributed by atoms with E-state index in [0.29, 0.717) is 18.0 Å². The Morgan fingerprint density at radius 2 is 1.52 bits per heavy atom. The Morgan fingerprint density at radius 3 is 2.23 bits per heavy atom. The summed E-state index contributed by atoms with van der Waals surface area (Å²) in [5.74, 6) is 0.799. The summed E-state index contributed by atoms with van der Waals surface area (Å²) in [7, 11) is 6.30. The molecule has 0 spiro atoms. The number of benzene rings is 3. The van der Waals surface area contributed by atoms with Crippen molar-refractivity contribution in [1.82, 2.24) is 4.90 Å². The number of rotatable bonds is 8. The van der Waals surface area contributed by atoms with Crippen LogP contribution in [-0.2, 0) is 16.1 Å².